The van der Waals surface area contributed by atoms with E-state index in [4.69, 9.17) is 14.2 Å². The fourth-order valence-electron chi connectivity index (χ4n) is 3.18. The minimum absolute atomic E-state index is 0.159. The van der Waals surface area contributed by atoms with E-state index in [1.54, 1.807) is 0 Å². The monoisotopic (exact) mass is 467 g/mol. The fourth-order valence-corrected chi connectivity index (χ4v) is 3.18. The summed E-state index contributed by atoms with van der Waals surface area (Å²) in [7, 11) is 0. The number of ether oxygens (including phenoxy) is 4. The van der Waals surface area contributed by atoms with Crippen LogP contribution in [0.2, 0.25) is 0 Å². The van der Waals surface area contributed by atoms with Crippen LogP contribution >= 0.6 is 0 Å². The van der Waals surface area contributed by atoms with E-state index in [0.717, 1.165) is 11.3 Å². The van der Waals surface area contributed by atoms with Gasteiger partial charge in [0.25, 0.3) is 0 Å². The maximum Gasteiger partial charge on any atom is 0.491 e. The van der Waals surface area contributed by atoms with Gasteiger partial charge < -0.3 is 18.9 Å². The molecule has 178 valence electrons. The van der Waals surface area contributed by atoms with Gasteiger partial charge in [-0.2, -0.15) is 13.2 Å². The molecule has 1 saturated heterocycles. The summed E-state index contributed by atoms with van der Waals surface area (Å²) in [5, 5.41) is 0. The Bertz CT molecular complexity index is 905. The van der Waals surface area contributed by atoms with Crippen molar-refractivity contribution in [2.24, 2.45) is 0 Å². The molecule has 10 heteroatoms. The first kappa shape index (κ1) is 24.5. The van der Waals surface area contributed by atoms with Gasteiger partial charge in [-0.05, 0) is 29.8 Å². The molecule has 2 aromatic carbocycles. The Hall–Kier alpha value is -3.11. The third kappa shape index (κ3) is 8.07. The van der Waals surface area contributed by atoms with E-state index in [-0.39, 0.29) is 19.1 Å². The van der Waals surface area contributed by atoms with E-state index < -0.39 is 18.1 Å². The van der Waals surface area contributed by atoms with Crippen LogP contribution in [-0.2, 0) is 19.1 Å². The van der Waals surface area contributed by atoms with E-state index in [9.17, 15) is 22.8 Å². The molecule has 0 saturated carbocycles. The second kappa shape index (κ2) is 11.7. The van der Waals surface area contributed by atoms with E-state index in [1.807, 2.05) is 59.5 Å². The first-order chi connectivity index (χ1) is 15.8. The molecule has 0 N–H and O–H groups in total. The predicted octanol–water partition coefficient (Wildman–Crippen LogP) is 3.54. The number of carbonyl (C=O) groups excluding carboxylic acids is 2. The highest BCUT2D eigenvalue weighted by atomic mass is 19.4. The highest BCUT2D eigenvalue weighted by Crippen LogP contribution is 2.25. The van der Waals surface area contributed by atoms with Gasteiger partial charge >= 0.3 is 18.1 Å². The molecular weight excluding hydrogens is 443 g/mol. The molecule has 0 amide bonds. The number of carbonyl (C=O) groups is 2. The molecule has 1 unspecified atom stereocenters. The predicted molar refractivity (Wildman–Crippen MR) is 111 cm³/mol. The highest BCUT2D eigenvalue weighted by Gasteiger charge is 2.42. The van der Waals surface area contributed by atoms with Crippen molar-refractivity contribution >= 4 is 11.9 Å². The molecule has 1 fully saturated rings. The van der Waals surface area contributed by atoms with Gasteiger partial charge in [0.2, 0.25) is 0 Å². The minimum Gasteiger partial charge on any atom is -0.490 e. The molecule has 1 aliphatic heterocycles. The molecule has 0 aromatic heterocycles. The molecule has 0 bridgehead atoms. The standard InChI is InChI=1S/C23H24F3NO6/c24-23(25,26)22(29)33-21(28)10-11-27-12-13-32-20(16-27)17-6-8-19(9-7-17)31-15-14-30-18-4-2-1-3-5-18/h1-9,20H,10-16H2. The fraction of sp³-hybridized carbons (Fsp3) is 0.391. The minimum atomic E-state index is -5.19. The summed E-state index contributed by atoms with van der Waals surface area (Å²) in [6.07, 6.45) is -5.78. The van der Waals surface area contributed by atoms with Crippen LogP contribution in [0.3, 0.4) is 0 Å². The van der Waals surface area contributed by atoms with Crippen molar-refractivity contribution in [1.29, 1.82) is 0 Å². The molecular formula is C23H24F3NO6. The van der Waals surface area contributed by atoms with Crippen LogP contribution < -0.4 is 9.47 Å². The molecule has 2 aromatic rings. The van der Waals surface area contributed by atoms with E-state index in [1.165, 1.54) is 0 Å². The van der Waals surface area contributed by atoms with E-state index >= 15 is 0 Å². The van der Waals surface area contributed by atoms with Crippen molar-refractivity contribution in [3.8, 4) is 11.5 Å². The zero-order valence-corrected chi connectivity index (χ0v) is 17.8. The Labute approximate surface area is 189 Å². The average molecular weight is 467 g/mol. The summed E-state index contributed by atoms with van der Waals surface area (Å²) >= 11 is 0. The van der Waals surface area contributed by atoms with Gasteiger partial charge in [0.05, 0.1) is 19.1 Å². The van der Waals surface area contributed by atoms with Crippen LogP contribution in [0.1, 0.15) is 18.1 Å². The lowest BCUT2D eigenvalue weighted by molar-refractivity contribution is -0.202. The molecule has 3 rings (SSSR count). The van der Waals surface area contributed by atoms with Crippen molar-refractivity contribution in [3.63, 3.8) is 0 Å². The van der Waals surface area contributed by atoms with Crippen LogP contribution in [0.15, 0.2) is 54.6 Å². The number of morpholine rings is 1. The lowest BCUT2D eigenvalue weighted by Gasteiger charge is -2.33. The number of hydrogen-bond acceptors (Lipinski definition) is 7. The Morgan fingerprint density at radius 3 is 2.24 bits per heavy atom. The van der Waals surface area contributed by atoms with Crippen molar-refractivity contribution in [2.75, 3.05) is 39.5 Å². The van der Waals surface area contributed by atoms with Gasteiger partial charge in [-0.25, -0.2) is 4.79 Å². The first-order valence-electron chi connectivity index (χ1n) is 10.4. The number of rotatable bonds is 9. The lowest BCUT2D eigenvalue weighted by atomic mass is 10.1. The number of halogens is 3. The number of hydrogen-bond donors (Lipinski definition) is 0. The number of para-hydroxylation sites is 1. The molecule has 1 atom stereocenters. The van der Waals surface area contributed by atoms with Crippen molar-refractivity contribution < 1.29 is 41.7 Å². The van der Waals surface area contributed by atoms with E-state index in [0.29, 0.717) is 38.7 Å². The van der Waals surface area contributed by atoms with Gasteiger partial charge in [0.15, 0.2) is 0 Å². The molecule has 7 nitrogen and oxygen atoms in total. The zero-order chi connectivity index (χ0) is 23.7. The Morgan fingerprint density at radius 1 is 0.970 bits per heavy atom. The molecule has 33 heavy (non-hydrogen) atoms. The largest absolute Gasteiger partial charge is 0.491 e. The van der Waals surface area contributed by atoms with E-state index in [2.05, 4.69) is 4.74 Å². The summed E-state index contributed by atoms with van der Waals surface area (Å²) in [4.78, 5) is 24.1. The van der Waals surface area contributed by atoms with Crippen LogP contribution in [0, 0.1) is 0 Å². The van der Waals surface area contributed by atoms with Gasteiger partial charge in [-0.15, -0.1) is 0 Å². The number of nitrogens with zero attached hydrogens (tertiary/aromatic N) is 1. The SMILES string of the molecule is O=C(CCN1CCOC(c2ccc(OCCOc3ccccc3)cc2)C1)OC(=O)C(F)(F)F. The van der Waals surface area contributed by atoms with Crippen molar-refractivity contribution in [1.82, 2.24) is 4.90 Å². The summed E-state index contributed by atoms with van der Waals surface area (Å²) < 4.78 is 57.3. The van der Waals surface area contributed by atoms with Gasteiger partial charge in [0, 0.05) is 19.6 Å². The van der Waals surface area contributed by atoms with Gasteiger partial charge in [0.1, 0.15) is 24.7 Å². The summed E-state index contributed by atoms with van der Waals surface area (Å²) in [5.74, 6) is -2.25. The maximum atomic E-state index is 12.2. The second-order valence-corrected chi connectivity index (χ2v) is 7.25. The van der Waals surface area contributed by atoms with Crippen LogP contribution in [-0.4, -0.2) is 62.5 Å². The highest BCUT2D eigenvalue weighted by molar-refractivity contribution is 5.88. The average Bonchev–Trinajstić information content (AvgIpc) is 2.81. The maximum absolute atomic E-state index is 12.2. The van der Waals surface area contributed by atoms with Crippen LogP contribution in [0.5, 0.6) is 11.5 Å². The lowest BCUT2D eigenvalue weighted by Crippen LogP contribution is -2.39. The number of alkyl halides is 3. The molecule has 0 radical (unpaired) electrons. The molecule has 0 spiro atoms. The molecule has 1 aliphatic rings. The summed E-state index contributed by atoms with van der Waals surface area (Å²) in [6.45, 7) is 2.31. The second-order valence-electron chi connectivity index (χ2n) is 7.25. The van der Waals surface area contributed by atoms with Gasteiger partial charge in [-0.1, -0.05) is 30.3 Å². The van der Waals surface area contributed by atoms with Crippen molar-refractivity contribution in [3.05, 3.63) is 60.2 Å². The quantitative estimate of drug-likeness (QED) is 0.317. The number of benzene rings is 2. The Balaban J connectivity index is 1.40. The molecule has 0 aliphatic carbocycles. The summed E-state index contributed by atoms with van der Waals surface area (Å²) in [5.41, 5.74) is 0.905. The Kier molecular flexibility index (Phi) is 8.67. The topological polar surface area (TPSA) is 74.3 Å². The Morgan fingerprint density at radius 2 is 1.61 bits per heavy atom. The smallest absolute Gasteiger partial charge is 0.490 e. The third-order valence-corrected chi connectivity index (χ3v) is 4.84. The zero-order valence-electron chi connectivity index (χ0n) is 17.8. The summed E-state index contributed by atoms with van der Waals surface area (Å²) in [6, 6.07) is 16.8. The first-order valence-corrected chi connectivity index (χ1v) is 10.4. The third-order valence-electron chi connectivity index (χ3n) is 4.84. The van der Waals surface area contributed by atoms with Crippen LogP contribution in [0.4, 0.5) is 13.2 Å². The van der Waals surface area contributed by atoms with Gasteiger partial charge in [-0.3, -0.25) is 9.69 Å². The van der Waals surface area contributed by atoms with Crippen molar-refractivity contribution in [2.45, 2.75) is 18.7 Å². The number of esters is 2. The normalized spacial score (nSPS) is 16.8. The molecule has 1 heterocycles. The van der Waals surface area contributed by atoms with Crippen LogP contribution in [0.25, 0.3) is 0 Å².